The van der Waals surface area contributed by atoms with Gasteiger partial charge in [0, 0.05) is 12.6 Å². The van der Waals surface area contributed by atoms with Crippen LogP contribution in [0.3, 0.4) is 0 Å². The molecule has 25 heavy (non-hydrogen) atoms. The molecular formula is C18H24N2O5. The van der Waals surface area contributed by atoms with Crippen LogP contribution in [0.25, 0.3) is 0 Å². The van der Waals surface area contributed by atoms with E-state index < -0.39 is 4.92 Å². The number of methoxy groups -OCH3 is 1. The number of nitrogens with zero attached hydrogens (tertiary/aromatic N) is 2. The van der Waals surface area contributed by atoms with Gasteiger partial charge in [-0.1, -0.05) is 12.8 Å². The molecule has 2 aliphatic rings. The van der Waals surface area contributed by atoms with Crippen molar-refractivity contribution < 1.29 is 19.2 Å². The highest BCUT2D eigenvalue weighted by Crippen LogP contribution is 2.35. The molecule has 2 atom stereocenters. The van der Waals surface area contributed by atoms with Gasteiger partial charge in [-0.15, -0.1) is 0 Å². The summed E-state index contributed by atoms with van der Waals surface area (Å²) in [6, 6.07) is 4.68. The number of amides is 1. The van der Waals surface area contributed by atoms with Gasteiger partial charge in [-0.05, 0) is 43.7 Å². The van der Waals surface area contributed by atoms with Crippen LogP contribution in [0, 0.1) is 16.0 Å². The van der Waals surface area contributed by atoms with Gasteiger partial charge in [0.2, 0.25) is 0 Å². The average Bonchev–Trinajstić information content (AvgIpc) is 2.65. The van der Waals surface area contributed by atoms with Crippen LogP contribution in [0.5, 0.6) is 11.5 Å². The molecule has 1 aliphatic heterocycles. The Morgan fingerprint density at radius 3 is 2.80 bits per heavy atom. The maximum Gasteiger partial charge on any atom is 0.314 e. The molecule has 1 heterocycles. The minimum Gasteiger partial charge on any atom is -0.496 e. The number of hydrogen-bond donors (Lipinski definition) is 0. The molecule has 0 unspecified atom stereocenters. The summed E-state index contributed by atoms with van der Waals surface area (Å²) in [5.74, 6) is 0.992. The Bertz CT molecular complexity index is 646. The number of nitro groups is 1. The quantitative estimate of drug-likeness (QED) is 0.603. The van der Waals surface area contributed by atoms with E-state index in [1.54, 1.807) is 6.07 Å². The lowest BCUT2D eigenvalue weighted by Crippen LogP contribution is -2.51. The number of carbonyl (C=O) groups excluding carboxylic acids is 1. The zero-order chi connectivity index (χ0) is 17.8. The molecule has 0 radical (unpaired) electrons. The normalized spacial score (nSPS) is 22.8. The highest BCUT2D eigenvalue weighted by molar-refractivity contribution is 5.78. The lowest BCUT2D eigenvalue weighted by molar-refractivity contribution is -0.385. The first-order chi connectivity index (χ1) is 12.1. The largest absolute Gasteiger partial charge is 0.496 e. The number of carbonyl (C=O) groups is 1. The third-order valence-electron chi connectivity index (χ3n) is 5.28. The van der Waals surface area contributed by atoms with E-state index in [0.29, 0.717) is 17.7 Å². The Kier molecular flexibility index (Phi) is 5.40. The number of fused-ring (bicyclic) bond motifs is 1. The molecule has 0 N–H and O–H groups in total. The summed E-state index contributed by atoms with van der Waals surface area (Å²) in [6.07, 6.45) is 6.88. The third kappa shape index (κ3) is 3.86. The van der Waals surface area contributed by atoms with E-state index in [0.717, 1.165) is 25.8 Å². The van der Waals surface area contributed by atoms with Crippen LogP contribution in [0.15, 0.2) is 18.2 Å². The molecule has 3 rings (SSSR count). The molecule has 136 valence electrons. The number of nitro benzene ring substituents is 1. The lowest BCUT2D eigenvalue weighted by atomic mass is 9.78. The lowest BCUT2D eigenvalue weighted by Gasteiger charge is -2.44. The fourth-order valence-electron chi connectivity index (χ4n) is 4.05. The van der Waals surface area contributed by atoms with E-state index in [-0.39, 0.29) is 24.0 Å². The van der Waals surface area contributed by atoms with Crippen LogP contribution < -0.4 is 9.47 Å². The van der Waals surface area contributed by atoms with Crippen molar-refractivity contribution in [1.29, 1.82) is 0 Å². The van der Waals surface area contributed by atoms with E-state index in [1.807, 2.05) is 4.90 Å². The van der Waals surface area contributed by atoms with Crippen molar-refractivity contribution in [2.45, 2.75) is 44.6 Å². The summed E-state index contributed by atoms with van der Waals surface area (Å²) in [5.41, 5.74) is -0.193. The third-order valence-corrected chi connectivity index (χ3v) is 5.28. The molecule has 0 bridgehead atoms. The smallest absolute Gasteiger partial charge is 0.314 e. The first kappa shape index (κ1) is 17.5. The minimum absolute atomic E-state index is 0.0817. The second-order valence-electron chi connectivity index (χ2n) is 6.72. The highest BCUT2D eigenvalue weighted by atomic mass is 16.6. The number of benzene rings is 1. The van der Waals surface area contributed by atoms with Crippen LogP contribution in [-0.2, 0) is 4.79 Å². The van der Waals surface area contributed by atoms with Gasteiger partial charge in [0.25, 0.3) is 5.91 Å². The van der Waals surface area contributed by atoms with Gasteiger partial charge in [0.1, 0.15) is 5.75 Å². The Balaban J connectivity index is 1.66. The van der Waals surface area contributed by atoms with Crippen molar-refractivity contribution in [3.63, 3.8) is 0 Å². The summed E-state index contributed by atoms with van der Waals surface area (Å²) in [7, 11) is 1.44. The number of rotatable bonds is 5. The molecule has 2 fully saturated rings. The molecule has 0 spiro atoms. The standard InChI is InChI=1S/C18H24N2O5/c1-24-14-8-9-17(16(11-14)20(22)23)25-12-18(21)19-10-4-6-13-5-2-3-7-15(13)19/h8-9,11,13,15H,2-7,10,12H2,1H3/t13-,15-/m1/s1. The van der Waals surface area contributed by atoms with E-state index in [1.165, 1.54) is 38.5 Å². The fraction of sp³-hybridized carbons (Fsp3) is 0.611. The van der Waals surface area contributed by atoms with Gasteiger partial charge >= 0.3 is 5.69 Å². The molecule has 0 aromatic heterocycles. The molecule has 1 aromatic rings. The summed E-state index contributed by atoms with van der Waals surface area (Å²) in [5, 5.41) is 11.2. The molecule has 1 aliphatic carbocycles. The first-order valence-electron chi connectivity index (χ1n) is 8.85. The van der Waals surface area contributed by atoms with Crippen molar-refractivity contribution in [1.82, 2.24) is 4.90 Å². The molecule has 1 saturated carbocycles. The highest BCUT2D eigenvalue weighted by Gasteiger charge is 2.35. The Hall–Kier alpha value is -2.31. The Morgan fingerprint density at radius 2 is 2.04 bits per heavy atom. The van der Waals surface area contributed by atoms with Crippen molar-refractivity contribution in [3.05, 3.63) is 28.3 Å². The molecule has 1 aromatic carbocycles. The van der Waals surface area contributed by atoms with Gasteiger partial charge in [0.05, 0.1) is 18.1 Å². The Labute approximate surface area is 147 Å². The van der Waals surface area contributed by atoms with Crippen LogP contribution in [-0.4, -0.2) is 42.0 Å². The molecular weight excluding hydrogens is 324 g/mol. The molecule has 7 heteroatoms. The van der Waals surface area contributed by atoms with E-state index >= 15 is 0 Å². The summed E-state index contributed by atoms with van der Waals surface area (Å²) >= 11 is 0. The minimum atomic E-state index is -0.527. The van der Waals surface area contributed by atoms with E-state index in [4.69, 9.17) is 9.47 Å². The monoisotopic (exact) mass is 348 g/mol. The second-order valence-corrected chi connectivity index (χ2v) is 6.72. The number of piperidine rings is 1. The van der Waals surface area contributed by atoms with E-state index in [2.05, 4.69) is 0 Å². The predicted octanol–water partition coefficient (Wildman–Crippen LogP) is 3.16. The zero-order valence-corrected chi connectivity index (χ0v) is 14.5. The van der Waals surface area contributed by atoms with Crippen LogP contribution in [0.2, 0.25) is 0 Å². The molecule has 1 amide bonds. The van der Waals surface area contributed by atoms with Gasteiger partial charge < -0.3 is 14.4 Å². The van der Waals surface area contributed by atoms with E-state index in [9.17, 15) is 14.9 Å². The van der Waals surface area contributed by atoms with Crippen LogP contribution >= 0.6 is 0 Å². The van der Waals surface area contributed by atoms with Gasteiger partial charge in [-0.25, -0.2) is 0 Å². The molecule has 7 nitrogen and oxygen atoms in total. The summed E-state index contributed by atoms with van der Waals surface area (Å²) in [6.45, 7) is 0.588. The second kappa shape index (κ2) is 7.72. The van der Waals surface area contributed by atoms with Crippen molar-refractivity contribution in [2.75, 3.05) is 20.3 Å². The topological polar surface area (TPSA) is 81.9 Å². The summed E-state index contributed by atoms with van der Waals surface area (Å²) < 4.78 is 10.5. The SMILES string of the molecule is COc1ccc(OCC(=O)N2CCC[C@H]3CCCC[C@H]32)c([N+](=O)[O-])c1. The van der Waals surface area contributed by atoms with Crippen molar-refractivity contribution >= 4 is 11.6 Å². The van der Waals surface area contributed by atoms with Crippen molar-refractivity contribution in [3.8, 4) is 11.5 Å². The van der Waals surface area contributed by atoms with Crippen LogP contribution in [0.1, 0.15) is 38.5 Å². The van der Waals surface area contributed by atoms with Gasteiger partial charge in [-0.2, -0.15) is 0 Å². The van der Waals surface area contributed by atoms with Gasteiger partial charge in [-0.3, -0.25) is 14.9 Å². The number of hydrogen-bond acceptors (Lipinski definition) is 5. The fourth-order valence-corrected chi connectivity index (χ4v) is 4.05. The summed E-state index contributed by atoms with van der Waals surface area (Å²) in [4.78, 5) is 25.2. The predicted molar refractivity (Wildman–Crippen MR) is 91.8 cm³/mol. The zero-order valence-electron chi connectivity index (χ0n) is 14.5. The maximum atomic E-state index is 12.6. The first-order valence-corrected chi connectivity index (χ1v) is 8.85. The maximum absolute atomic E-state index is 12.6. The van der Waals surface area contributed by atoms with Gasteiger partial charge in [0.15, 0.2) is 12.4 Å². The Morgan fingerprint density at radius 1 is 1.28 bits per heavy atom. The average molecular weight is 348 g/mol. The van der Waals surface area contributed by atoms with Crippen LogP contribution in [0.4, 0.5) is 5.69 Å². The molecule has 1 saturated heterocycles. The number of likely N-dealkylation sites (tertiary alicyclic amines) is 1. The number of ether oxygens (including phenoxy) is 2. The van der Waals surface area contributed by atoms with Crippen molar-refractivity contribution in [2.24, 2.45) is 5.92 Å².